The summed E-state index contributed by atoms with van der Waals surface area (Å²) in [5.41, 5.74) is 7.06. The smallest absolute Gasteiger partial charge is 0.270 e. The second kappa shape index (κ2) is 4.43. The van der Waals surface area contributed by atoms with Crippen LogP contribution in [0.25, 0.3) is 0 Å². The van der Waals surface area contributed by atoms with Crippen LogP contribution in [0.4, 0.5) is 5.69 Å². The van der Waals surface area contributed by atoms with Gasteiger partial charge in [-0.05, 0) is 24.8 Å². The minimum atomic E-state index is 0.111. The largest absolute Gasteiger partial charge is 0.397 e. The minimum absolute atomic E-state index is 0.111. The Morgan fingerprint density at radius 3 is 2.76 bits per heavy atom. The Bertz CT molecular complexity index is 422. The van der Waals surface area contributed by atoms with Gasteiger partial charge in [-0.25, -0.2) is 0 Å². The fourth-order valence-electron chi connectivity index (χ4n) is 2.69. The quantitative estimate of drug-likeness (QED) is 0.850. The van der Waals surface area contributed by atoms with E-state index in [4.69, 9.17) is 5.73 Å². The molecule has 0 bridgehead atoms. The van der Waals surface area contributed by atoms with Crippen molar-refractivity contribution in [1.29, 1.82) is 0 Å². The summed E-state index contributed by atoms with van der Waals surface area (Å²) in [7, 11) is 1.87. The highest BCUT2D eigenvalue weighted by Gasteiger charge is 2.32. The van der Waals surface area contributed by atoms with Crippen LogP contribution in [0.15, 0.2) is 12.3 Å². The van der Waals surface area contributed by atoms with E-state index in [2.05, 4.69) is 13.8 Å². The average Bonchev–Trinajstić information content (AvgIpc) is 2.83. The zero-order valence-corrected chi connectivity index (χ0v) is 10.8. The number of hydrogen-bond acceptors (Lipinski definition) is 2. The highest BCUT2D eigenvalue weighted by atomic mass is 16.2. The number of nitrogen functional groups attached to an aromatic ring is 1. The van der Waals surface area contributed by atoms with Gasteiger partial charge in [0.05, 0.1) is 5.69 Å². The Balaban J connectivity index is 2.22. The first-order valence-corrected chi connectivity index (χ1v) is 6.23. The first-order chi connectivity index (χ1) is 8.00. The van der Waals surface area contributed by atoms with Gasteiger partial charge in [0.1, 0.15) is 5.69 Å². The fraction of sp³-hybridized carbons (Fsp3) is 0.615. The average molecular weight is 235 g/mol. The molecule has 1 atom stereocenters. The molecule has 1 unspecified atom stereocenters. The molecule has 4 nitrogen and oxygen atoms in total. The lowest BCUT2D eigenvalue weighted by molar-refractivity contribution is 0.0692. The molecule has 0 spiro atoms. The molecule has 1 aromatic rings. The van der Waals surface area contributed by atoms with Crippen molar-refractivity contribution in [3.63, 3.8) is 0 Å². The third-order valence-electron chi connectivity index (χ3n) is 3.57. The molecule has 2 rings (SSSR count). The maximum absolute atomic E-state index is 12.4. The molecule has 1 aliphatic heterocycles. The van der Waals surface area contributed by atoms with Crippen molar-refractivity contribution in [1.82, 2.24) is 9.47 Å². The first kappa shape index (κ1) is 12.0. The van der Waals surface area contributed by atoms with Gasteiger partial charge in [-0.15, -0.1) is 0 Å². The molecular weight excluding hydrogens is 214 g/mol. The van der Waals surface area contributed by atoms with Gasteiger partial charge in [0.25, 0.3) is 5.91 Å². The molecule has 0 aliphatic carbocycles. The fourth-order valence-corrected chi connectivity index (χ4v) is 2.69. The van der Waals surface area contributed by atoms with Gasteiger partial charge in [0, 0.05) is 25.8 Å². The van der Waals surface area contributed by atoms with E-state index in [1.807, 2.05) is 16.5 Å². The van der Waals surface area contributed by atoms with Crippen molar-refractivity contribution < 1.29 is 4.79 Å². The normalized spacial score (nSPS) is 20.2. The van der Waals surface area contributed by atoms with E-state index < -0.39 is 0 Å². The third-order valence-corrected chi connectivity index (χ3v) is 3.57. The number of carbonyl (C=O) groups is 1. The third kappa shape index (κ3) is 2.16. The molecule has 0 radical (unpaired) electrons. The molecule has 0 aromatic carbocycles. The van der Waals surface area contributed by atoms with Crippen molar-refractivity contribution in [3.05, 3.63) is 18.0 Å². The number of likely N-dealkylation sites (tertiary alicyclic amines) is 1. The van der Waals surface area contributed by atoms with Crippen LogP contribution in [0, 0.1) is 5.92 Å². The van der Waals surface area contributed by atoms with Crippen molar-refractivity contribution in [2.75, 3.05) is 12.3 Å². The number of anilines is 1. The van der Waals surface area contributed by atoms with E-state index in [1.54, 1.807) is 12.3 Å². The Morgan fingerprint density at radius 2 is 2.24 bits per heavy atom. The van der Waals surface area contributed by atoms with E-state index in [0.29, 0.717) is 23.3 Å². The molecule has 1 aromatic heterocycles. The molecule has 2 N–H and O–H groups in total. The van der Waals surface area contributed by atoms with Crippen LogP contribution in [0.5, 0.6) is 0 Å². The van der Waals surface area contributed by atoms with Gasteiger partial charge in [0.15, 0.2) is 0 Å². The molecule has 4 heteroatoms. The van der Waals surface area contributed by atoms with Crippen LogP contribution in [0.1, 0.15) is 37.2 Å². The SMILES string of the molecule is CC(C)C1CCCN1C(=O)c1cc(N)cn1C. The van der Waals surface area contributed by atoms with Crippen molar-refractivity contribution in [2.45, 2.75) is 32.7 Å². The minimum Gasteiger partial charge on any atom is -0.397 e. The maximum Gasteiger partial charge on any atom is 0.270 e. The number of aryl methyl sites for hydroxylation is 1. The van der Waals surface area contributed by atoms with Gasteiger partial charge >= 0.3 is 0 Å². The lowest BCUT2D eigenvalue weighted by atomic mass is 10.0. The van der Waals surface area contributed by atoms with Gasteiger partial charge in [-0.3, -0.25) is 4.79 Å². The van der Waals surface area contributed by atoms with Crippen molar-refractivity contribution in [2.24, 2.45) is 13.0 Å². The van der Waals surface area contributed by atoms with Crippen LogP contribution >= 0.6 is 0 Å². The number of carbonyl (C=O) groups excluding carboxylic acids is 1. The van der Waals surface area contributed by atoms with Gasteiger partial charge < -0.3 is 15.2 Å². The Kier molecular flexibility index (Phi) is 3.13. The second-order valence-electron chi connectivity index (χ2n) is 5.22. The van der Waals surface area contributed by atoms with Crippen LogP contribution in [-0.2, 0) is 7.05 Å². The number of aromatic nitrogens is 1. The zero-order valence-electron chi connectivity index (χ0n) is 10.8. The van der Waals surface area contributed by atoms with Gasteiger partial charge in [-0.1, -0.05) is 13.8 Å². The molecule has 94 valence electrons. The van der Waals surface area contributed by atoms with Crippen LogP contribution < -0.4 is 5.73 Å². The summed E-state index contributed by atoms with van der Waals surface area (Å²) >= 11 is 0. The van der Waals surface area contributed by atoms with E-state index in [-0.39, 0.29) is 5.91 Å². The molecule has 2 heterocycles. The van der Waals surface area contributed by atoms with E-state index in [0.717, 1.165) is 19.4 Å². The predicted molar refractivity (Wildman–Crippen MR) is 68.7 cm³/mol. The predicted octanol–water partition coefficient (Wildman–Crippen LogP) is 1.87. The Labute approximate surface area is 102 Å². The summed E-state index contributed by atoms with van der Waals surface area (Å²) in [6.45, 7) is 5.22. The van der Waals surface area contributed by atoms with Crippen LogP contribution in [0.3, 0.4) is 0 Å². The summed E-state index contributed by atoms with van der Waals surface area (Å²) in [5.74, 6) is 0.625. The highest BCUT2D eigenvalue weighted by molar-refractivity contribution is 5.94. The molecule has 1 aliphatic rings. The summed E-state index contributed by atoms with van der Waals surface area (Å²) in [6.07, 6.45) is 4.01. The first-order valence-electron chi connectivity index (χ1n) is 6.23. The summed E-state index contributed by atoms with van der Waals surface area (Å²) in [4.78, 5) is 14.4. The summed E-state index contributed by atoms with van der Waals surface area (Å²) in [6, 6.07) is 2.14. The maximum atomic E-state index is 12.4. The molecule has 1 saturated heterocycles. The topological polar surface area (TPSA) is 51.3 Å². The molecular formula is C13H21N3O. The standard InChI is InChI=1S/C13H21N3O/c1-9(2)11-5-4-6-16(11)13(17)12-7-10(14)8-15(12)3/h7-9,11H,4-6,14H2,1-3H3. The van der Waals surface area contributed by atoms with Crippen LogP contribution in [0.2, 0.25) is 0 Å². The Morgan fingerprint density at radius 1 is 1.53 bits per heavy atom. The number of rotatable bonds is 2. The second-order valence-corrected chi connectivity index (χ2v) is 5.22. The van der Waals surface area contributed by atoms with E-state index in [1.165, 1.54) is 0 Å². The van der Waals surface area contributed by atoms with Gasteiger partial charge in [0.2, 0.25) is 0 Å². The summed E-state index contributed by atoms with van der Waals surface area (Å²) in [5, 5.41) is 0. The van der Waals surface area contributed by atoms with E-state index >= 15 is 0 Å². The molecule has 0 saturated carbocycles. The van der Waals surface area contributed by atoms with Crippen molar-refractivity contribution >= 4 is 11.6 Å². The van der Waals surface area contributed by atoms with E-state index in [9.17, 15) is 4.79 Å². The number of amides is 1. The van der Waals surface area contributed by atoms with Crippen molar-refractivity contribution in [3.8, 4) is 0 Å². The number of nitrogens with zero attached hydrogens (tertiary/aromatic N) is 2. The van der Waals surface area contributed by atoms with Crippen LogP contribution in [-0.4, -0.2) is 28.0 Å². The monoisotopic (exact) mass is 235 g/mol. The molecule has 17 heavy (non-hydrogen) atoms. The number of hydrogen-bond donors (Lipinski definition) is 1. The molecule has 1 amide bonds. The highest BCUT2D eigenvalue weighted by Crippen LogP contribution is 2.26. The Hall–Kier alpha value is -1.45. The lowest BCUT2D eigenvalue weighted by Gasteiger charge is -2.27. The number of nitrogens with two attached hydrogens (primary N) is 1. The lowest BCUT2D eigenvalue weighted by Crippen LogP contribution is -2.39. The zero-order chi connectivity index (χ0) is 12.6. The molecule has 1 fully saturated rings. The summed E-state index contributed by atoms with van der Waals surface area (Å²) < 4.78 is 1.81. The van der Waals surface area contributed by atoms with Gasteiger partial charge in [-0.2, -0.15) is 0 Å².